The zero-order valence-corrected chi connectivity index (χ0v) is 12.5. The molecule has 0 unspecified atom stereocenters. The molecule has 0 heterocycles. The molecule has 0 saturated heterocycles. The van der Waals surface area contributed by atoms with Crippen LogP contribution in [0.15, 0.2) is 23.2 Å². The molecule has 0 fully saturated rings. The maximum absolute atomic E-state index is 12.6. The Kier molecular flexibility index (Phi) is 7.54. The van der Waals surface area contributed by atoms with Crippen LogP contribution < -0.4 is 20.1 Å². The summed E-state index contributed by atoms with van der Waals surface area (Å²) < 4.78 is 35.1. The Labute approximate surface area is 128 Å². The van der Waals surface area contributed by atoms with E-state index in [2.05, 4.69) is 26.3 Å². The highest BCUT2D eigenvalue weighted by Crippen LogP contribution is 2.32. The van der Waals surface area contributed by atoms with Crippen molar-refractivity contribution in [3.8, 4) is 23.8 Å². The van der Waals surface area contributed by atoms with Gasteiger partial charge in [0.1, 0.15) is 0 Å². The van der Waals surface area contributed by atoms with Crippen molar-refractivity contribution >= 4 is 5.96 Å². The van der Waals surface area contributed by atoms with E-state index in [4.69, 9.17) is 11.2 Å². The number of rotatable bonds is 7. The third kappa shape index (κ3) is 5.48. The number of alkyl halides is 2. The second-order valence-electron chi connectivity index (χ2n) is 4.04. The summed E-state index contributed by atoms with van der Waals surface area (Å²) in [5.74, 6) is 3.16. The molecule has 7 heteroatoms. The van der Waals surface area contributed by atoms with Crippen LogP contribution in [0.1, 0.15) is 12.5 Å². The summed E-state index contributed by atoms with van der Waals surface area (Å²) in [7, 11) is 1.58. The second kappa shape index (κ2) is 9.45. The molecule has 0 aliphatic carbocycles. The topological polar surface area (TPSA) is 54.9 Å². The third-order valence-corrected chi connectivity index (χ3v) is 2.60. The van der Waals surface area contributed by atoms with Crippen LogP contribution in [0.4, 0.5) is 8.78 Å². The fourth-order valence-corrected chi connectivity index (χ4v) is 1.73. The van der Waals surface area contributed by atoms with Gasteiger partial charge in [-0.05, 0) is 13.0 Å². The van der Waals surface area contributed by atoms with Gasteiger partial charge in [0.15, 0.2) is 17.5 Å². The van der Waals surface area contributed by atoms with Gasteiger partial charge in [-0.15, -0.1) is 6.42 Å². The number of nitrogens with zero attached hydrogens (tertiary/aromatic N) is 1. The molecule has 0 spiro atoms. The molecule has 0 bridgehead atoms. The zero-order chi connectivity index (χ0) is 16.4. The number of nitrogens with one attached hydrogen (secondary N) is 2. The second-order valence-corrected chi connectivity index (χ2v) is 4.04. The Morgan fingerprint density at radius 3 is 2.77 bits per heavy atom. The highest BCUT2D eigenvalue weighted by molar-refractivity contribution is 5.79. The minimum Gasteiger partial charge on any atom is -0.490 e. The molecule has 0 saturated carbocycles. The summed E-state index contributed by atoms with van der Waals surface area (Å²) in [6.07, 6.45) is 5.16. The standard InChI is InChI=1S/C15H19F2N3O2/c1-4-9-19-15(18-3)20-10-11-7-6-8-12(21-5-2)13(11)22-14(16)17/h1,6-8,14H,5,9-10H2,2-3H3,(H2,18,19,20). The summed E-state index contributed by atoms with van der Waals surface area (Å²) >= 11 is 0. The summed E-state index contributed by atoms with van der Waals surface area (Å²) in [5.41, 5.74) is 0.523. The first-order chi connectivity index (χ1) is 10.6. The minimum atomic E-state index is -2.93. The van der Waals surface area contributed by atoms with Gasteiger partial charge in [-0.25, -0.2) is 0 Å². The van der Waals surface area contributed by atoms with Crippen molar-refractivity contribution in [3.05, 3.63) is 23.8 Å². The van der Waals surface area contributed by atoms with E-state index in [1.807, 2.05) is 0 Å². The van der Waals surface area contributed by atoms with Gasteiger partial charge in [0.25, 0.3) is 0 Å². The summed E-state index contributed by atoms with van der Waals surface area (Å²) in [6, 6.07) is 4.95. The van der Waals surface area contributed by atoms with Gasteiger partial charge in [0.05, 0.1) is 13.2 Å². The average Bonchev–Trinajstić information content (AvgIpc) is 2.50. The van der Waals surface area contributed by atoms with Gasteiger partial charge >= 0.3 is 6.61 Å². The number of halogens is 2. The molecule has 2 N–H and O–H groups in total. The fourth-order valence-electron chi connectivity index (χ4n) is 1.73. The lowest BCUT2D eigenvalue weighted by Gasteiger charge is -2.16. The average molecular weight is 311 g/mol. The Bertz CT molecular complexity index is 542. The maximum Gasteiger partial charge on any atom is 0.387 e. The molecule has 120 valence electrons. The fraction of sp³-hybridized carbons (Fsp3) is 0.400. The van der Waals surface area contributed by atoms with Crippen LogP contribution in [-0.4, -0.2) is 32.8 Å². The smallest absolute Gasteiger partial charge is 0.387 e. The van der Waals surface area contributed by atoms with Crippen molar-refractivity contribution in [1.29, 1.82) is 0 Å². The normalized spacial score (nSPS) is 11.0. The van der Waals surface area contributed by atoms with E-state index in [1.54, 1.807) is 32.2 Å². The van der Waals surface area contributed by atoms with E-state index in [-0.39, 0.29) is 18.0 Å². The maximum atomic E-state index is 12.6. The highest BCUT2D eigenvalue weighted by Gasteiger charge is 2.15. The van der Waals surface area contributed by atoms with Gasteiger partial charge in [-0.3, -0.25) is 4.99 Å². The van der Waals surface area contributed by atoms with Crippen molar-refractivity contribution < 1.29 is 18.3 Å². The van der Waals surface area contributed by atoms with E-state index in [0.29, 0.717) is 24.7 Å². The molecular formula is C15H19F2N3O2. The van der Waals surface area contributed by atoms with Gasteiger partial charge in [-0.2, -0.15) is 8.78 Å². The van der Waals surface area contributed by atoms with Crippen LogP contribution in [0.3, 0.4) is 0 Å². The lowest BCUT2D eigenvalue weighted by Crippen LogP contribution is -2.37. The van der Waals surface area contributed by atoms with Crippen molar-refractivity contribution in [2.45, 2.75) is 20.1 Å². The molecule has 0 aliphatic rings. The molecule has 0 aromatic heterocycles. The van der Waals surface area contributed by atoms with Gasteiger partial charge in [-0.1, -0.05) is 18.1 Å². The van der Waals surface area contributed by atoms with Crippen LogP contribution >= 0.6 is 0 Å². The first kappa shape index (κ1) is 17.6. The predicted octanol–water partition coefficient (Wildman–Crippen LogP) is 1.98. The van der Waals surface area contributed by atoms with Crippen molar-refractivity contribution in [2.75, 3.05) is 20.2 Å². The number of ether oxygens (including phenoxy) is 2. The summed E-state index contributed by atoms with van der Waals surface area (Å²) in [6.45, 7) is -0.282. The van der Waals surface area contributed by atoms with Crippen LogP contribution in [0.5, 0.6) is 11.5 Å². The largest absolute Gasteiger partial charge is 0.490 e. The van der Waals surface area contributed by atoms with E-state index < -0.39 is 6.61 Å². The Morgan fingerprint density at radius 2 is 2.18 bits per heavy atom. The quantitative estimate of drug-likeness (QED) is 0.459. The molecule has 1 aromatic carbocycles. The Morgan fingerprint density at radius 1 is 1.41 bits per heavy atom. The number of hydrogen-bond acceptors (Lipinski definition) is 3. The molecule has 0 atom stereocenters. The molecule has 22 heavy (non-hydrogen) atoms. The summed E-state index contributed by atoms with van der Waals surface area (Å²) in [5, 5.41) is 5.84. The number of para-hydroxylation sites is 1. The van der Waals surface area contributed by atoms with Gasteiger partial charge in [0.2, 0.25) is 0 Å². The van der Waals surface area contributed by atoms with E-state index in [9.17, 15) is 8.78 Å². The van der Waals surface area contributed by atoms with E-state index in [0.717, 1.165) is 0 Å². The first-order valence-corrected chi connectivity index (χ1v) is 6.69. The van der Waals surface area contributed by atoms with Crippen molar-refractivity contribution in [2.24, 2.45) is 4.99 Å². The van der Waals surface area contributed by atoms with Crippen LogP contribution in [0, 0.1) is 12.3 Å². The van der Waals surface area contributed by atoms with Crippen LogP contribution in [0.25, 0.3) is 0 Å². The molecular weight excluding hydrogens is 292 g/mol. The third-order valence-electron chi connectivity index (χ3n) is 2.60. The molecule has 0 aliphatic heterocycles. The number of terminal acetylenes is 1. The number of benzene rings is 1. The lowest BCUT2D eigenvalue weighted by atomic mass is 10.2. The van der Waals surface area contributed by atoms with E-state index >= 15 is 0 Å². The number of aliphatic imine (C=N–C) groups is 1. The van der Waals surface area contributed by atoms with Crippen molar-refractivity contribution in [1.82, 2.24) is 10.6 Å². The molecule has 1 aromatic rings. The Hall–Kier alpha value is -2.49. The minimum absolute atomic E-state index is 0.0132. The Balaban J connectivity index is 2.88. The SMILES string of the molecule is C#CCNC(=NC)NCc1cccc(OCC)c1OC(F)F. The monoisotopic (exact) mass is 311 g/mol. The number of guanidine groups is 1. The highest BCUT2D eigenvalue weighted by atomic mass is 19.3. The van der Waals surface area contributed by atoms with Crippen LogP contribution in [-0.2, 0) is 6.54 Å². The molecule has 0 radical (unpaired) electrons. The predicted molar refractivity (Wildman–Crippen MR) is 81.3 cm³/mol. The van der Waals surface area contributed by atoms with Gasteiger partial charge in [0, 0.05) is 19.2 Å². The van der Waals surface area contributed by atoms with Crippen molar-refractivity contribution in [3.63, 3.8) is 0 Å². The van der Waals surface area contributed by atoms with Gasteiger partial charge < -0.3 is 20.1 Å². The molecule has 1 rings (SSSR count). The summed E-state index contributed by atoms with van der Waals surface area (Å²) in [4.78, 5) is 3.97. The van der Waals surface area contributed by atoms with E-state index in [1.165, 1.54) is 0 Å². The first-order valence-electron chi connectivity index (χ1n) is 6.69. The number of hydrogen-bond donors (Lipinski definition) is 2. The zero-order valence-electron chi connectivity index (χ0n) is 12.5. The molecule has 0 amide bonds. The van der Waals surface area contributed by atoms with Crippen LogP contribution in [0.2, 0.25) is 0 Å². The molecule has 5 nitrogen and oxygen atoms in total. The lowest BCUT2D eigenvalue weighted by molar-refractivity contribution is -0.0520.